The van der Waals surface area contributed by atoms with Gasteiger partial charge in [0, 0.05) is 12.3 Å². The highest BCUT2D eigenvalue weighted by Gasteiger charge is 2.02. The van der Waals surface area contributed by atoms with Crippen LogP contribution in [0.3, 0.4) is 0 Å². The third kappa shape index (κ3) is 2.32. The van der Waals surface area contributed by atoms with Crippen LogP contribution >= 0.6 is 0 Å². The molecule has 1 N–H and O–H groups in total. The molecule has 0 saturated heterocycles. The van der Waals surface area contributed by atoms with Gasteiger partial charge in [0.25, 0.3) is 0 Å². The highest BCUT2D eigenvalue weighted by Crippen LogP contribution is 2.20. The molecule has 1 unspecified atom stereocenters. The third-order valence-electron chi connectivity index (χ3n) is 2.12. The Balaban J connectivity index is 2.38. The summed E-state index contributed by atoms with van der Waals surface area (Å²) in [5.74, 6) is -0.549. The van der Waals surface area contributed by atoms with Crippen molar-refractivity contribution in [1.82, 2.24) is 4.98 Å². The second-order valence-corrected chi connectivity index (χ2v) is 4.11. The summed E-state index contributed by atoms with van der Waals surface area (Å²) in [7, 11) is 0. The van der Waals surface area contributed by atoms with Gasteiger partial charge < -0.3 is 4.55 Å². The van der Waals surface area contributed by atoms with Gasteiger partial charge in [-0.15, -0.1) is 0 Å². The number of halogens is 1. The van der Waals surface area contributed by atoms with Crippen LogP contribution < -0.4 is 0 Å². The van der Waals surface area contributed by atoms with Gasteiger partial charge >= 0.3 is 0 Å². The van der Waals surface area contributed by atoms with E-state index in [0.29, 0.717) is 10.5 Å². The zero-order valence-electron chi connectivity index (χ0n) is 8.13. The maximum atomic E-state index is 12.9. The third-order valence-corrected chi connectivity index (χ3v) is 2.79. The van der Waals surface area contributed by atoms with Crippen LogP contribution in [0.2, 0.25) is 0 Å². The smallest absolute Gasteiger partial charge is 0.213 e. The van der Waals surface area contributed by atoms with E-state index in [1.165, 1.54) is 24.4 Å². The van der Waals surface area contributed by atoms with Crippen LogP contribution in [0.4, 0.5) is 4.39 Å². The molecule has 1 heterocycles. The normalized spacial score (nSPS) is 12.4. The van der Waals surface area contributed by atoms with Gasteiger partial charge in [0.05, 0.1) is 4.90 Å². The Kier molecular flexibility index (Phi) is 3.07. The summed E-state index contributed by atoms with van der Waals surface area (Å²) in [6.45, 7) is 0. The predicted molar refractivity (Wildman–Crippen MR) is 58.7 cm³/mol. The maximum Gasteiger partial charge on any atom is 0.213 e. The average molecular weight is 237 g/mol. The van der Waals surface area contributed by atoms with Gasteiger partial charge in [-0.2, -0.15) is 4.39 Å². The van der Waals surface area contributed by atoms with E-state index in [2.05, 4.69) is 4.98 Å². The molecule has 0 radical (unpaired) electrons. The minimum atomic E-state index is -1.98. The molecule has 0 spiro atoms. The lowest BCUT2D eigenvalue weighted by molar-refractivity contribution is 0.564. The summed E-state index contributed by atoms with van der Waals surface area (Å²) in [6, 6.07) is 9.38. The topological polar surface area (TPSA) is 50.2 Å². The molecule has 0 bridgehead atoms. The lowest BCUT2D eigenvalue weighted by atomic mass is 10.1. The summed E-state index contributed by atoms with van der Waals surface area (Å²) in [6.07, 6.45) is 1.38. The van der Waals surface area contributed by atoms with Gasteiger partial charge in [-0.25, -0.2) is 9.19 Å². The second kappa shape index (κ2) is 4.51. The van der Waals surface area contributed by atoms with Crippen molar-refractivity contribution >= 4 is 11.1 Å². The molecule has 0 aliphatic heterocycles. The van der Waals surface area contributed by atoms with Crippen LogP contribution in [0.5, 0.6) is 0 Å². The lowest BCUT2D eigenvalue weighted by Crippen LogP contribution is -1.88. The number of benzene rings is 1. The Morgan fingerprint density at radius 2 is 1.81 bits per heavy atom. The van der Waals surface area contributed by atoms with Gasteiger partial charge in [-0.1, -0.05) is 12.1 Å². The first-order chi connectivity index (χ1) is 7.66. The quantitative estimate of drug-likeness (QED) is 0.644. The van der Waals surface area contributed by atoms with Crippen LogP contribution in [0.1, 0.15) is 0 Å². The monoisotopic (exact) mass is 237 g/mol. The summed E-state index contributed by atoms with van der Waals surface area (Å²) < 4.78 is 32.4. The Morgan fingerprint density at radius 3 is 2.38 bits per heavy atom. The molecule has 2 rings (SSSR count). The molecule has 16 heavy (non-hydrogen) atoms. The molecule has 0 saturated carbocycles. The molecule has 1 aromatic carbocycles. The number of rotatable bonds is 2. The van der Waals surface area contributed by atoms with E-state index in [1.54, 1.807) is 18.2 Å². The average Bonchev–Trinajstić information content (AvgIpc) is 2.29. The first-order valence-electron chi connectivity index (χ1n) is 4.49. The van der Waals surface area contributed by atoms with Crippen molar-refractivity contribution in [2.75, 3.05) is 0 Å². The zero-order valence-corrected chi connectivity index (χ0v) is 8.95. The Labute approximate surface area is 94.3 Å². The van der Waals surface area contributed by atoms with E-state index in [4.69, 9.17) is 4.55 Å². The number of hydrogen-bond acceptors (Lipinski definition) is 2. The molecular formula is C11H8FNO2S. The van der Waals surface area contributed by atoms with Gasteiger partial charge in [-0.05, 0) is 29.3 Å². The van der Waals surface area contributed by atoms with Gasteiger partial charge in [0.2, 0.25) is 5.95 Å². The second-order valence-electron chi connectivity index (χ2n) is 3.14. The number of hydrogen-bond donors (Lipinski definition) is 1. The van der Waals surface area contributed by atoms with Crippen molar-refractivity contribution in [3.63, 3.8) is 0 Å². The lowest BCUT2D eigenvalue weighted by Gasteiger charge is -2.01. The summed E-state index contributed by atoms with van der Waals surface area (Å²) in [5.41, 5.74) is 1.46. The van der Waals surface area contributed by atoms with Crippen molar-refractivity contribution in [2.45, 2.75) is 4.90 Å². The van der Waals surface area contributed by atoms with E-state index >= 15 is 0 Å². The van der Waals surface area contributed by atoms with Crippen molar-refractivity contribution < 1.29 is 13.2 Å². The molecule has 3 nitrogen and oxygen atoms in total. The van der Waals surface area contributed by atoms with E-state index in [0.717, 1.165) is 5.56 Å². The highest BCUT2D eigenvalue weighted by atomic mass is 32.2. The van der Waals surface area contributed by atoms with Crippen molar-refractivity contribution in [2.24, 2.45) is 0 Å². The minimum absolute atomic E-state index is 0.318. The molecular weight excluding hydrogens is 229 g/mol. The molecule has 2 aromatic rings. The van der Waals surface area contributed by atoms with Crippen LogP contribution in [0.15, 0.2) is 47.5 Å². The first-order valence-corrected chi connectivity index (χ1v) is 5.60. The SMILES string of the molecule is O=S(O)c1ccc(-c2ccnc(F)c2)cc1. The van der Waals surface area contributed by atoms with E-state index in [1.807, 2.05) is 0 Å². The summed E-state index contributed by atoms with van der Waals surface area (Å²) in [4.78, 5) is 3.77. The van der Waals surface area contributed by atoms with Crippen LogP contribution in [-0.4, -0.2) is 13.7 Å². The number of nitrogens with zero attached hydrogens (tertiary/aromatic N) is 1. The standard InChI is InChI=1S/C11H8FNO2S/c12-11-7-9(5-6-13-11)8-1-3-10(4-2-8)16(14)15/h1-7H,(H,14,15). The Bertz CT molecular complexity index is 528. The maximum absolute atomic E-state index is 12.9. The molecule has 5 heteroatoms. The largest absolute Gasteiger partial charge is 0.302 e. The fourth-order valence-corrected chi connectivity index (χ4v) is 1.71. The van der Waals surface area contributed by atoms with Gasteiger partial charge in [0.1, 0.15) is 0 Å². The first kappa shape index (κ1) is 10.9. The molecule has 0 amide bonds. The summed E-state index contributed by atoms with van der Waals surface area (Å²) >= 11 is -1.98. The molecule has 1 atom stereocenters. The molecule has 82 valence electrons. The minimum Gasteiger partial charge on any atom is -0.302 e. The zero-order chi connectivity index (χ0) is 11.5. The van der Waals surface area contributed by atoms with Crippen molar-refractivity contribution in [3.05, 3.63) is 48.5 Å². The van der Waals surface area contributed by atoms with E-state index in [9.17, 15) is 8.60 Å². The molecule has 0 fully saturated rings. The van der Waals surface area contributed by atoms with Crippen LogP contribution in [0.25, 0.3) is 11.1 Å². The van der Waals surface area contributed by atoms with E-state index < -0.39 is 17.0 Å². The summed E-state index contributed by atoms with van der Waals surface area (Å²) in [5, 5.41) is 0. The van der Waals surface area contributed by atoms with Gasteiger partial charge in [-0.3, -0.25) is 0 Å². The van der Waals surface area contributed by atoms with Crippen LogP contribution in [-0.2, 0) is 11.1 Å². The highest BCUT2D eigenvalue weighted by molar-refractivity contribution is 7.79. The fourth-order valence-electron chi connectivity index (χ4n) is 1.35. The van der Waals surface area contributed by atoms with Crippen molar-refractivity contribution in [1.29, 1.82) is 0 Å². The van der Waals surface area contributed by atoms with Crippen molar-refractivity contribution in [3.8, 4) is 11.1 Å². The number of pyridine rings is 1. The molecule has 0 aliphatic rings. The Hall–Kier alpha value is -1.59. The fraction of sp³-hybridized carbons (Fsp3) is 0. The predicted octanol–water partition coefficient (Wildman–Crippen LogP) is 2.47. The van der Waals surface area contributed by atoms with Crippen LogP contribution in [0, 0.1) is 5.95 Å². The van der Waals surface area contributed by atoms with Gasteiger partial charge in [0.15, 0.2) is 11.1 Å². The number of aromatic nitrogens is 1. The molecule has 0 aliphatic carbocycles. The van der Waals surface area contributed by atoms with E-state index in [-0.39, 0.29) is 0 Å². The Morgan fingerprint density at radius 1 is 1.12 bits per heavy atom. The molecule has 1 aromatic heterocycles.